The number of aliphatic hydroxyl groups is 1. The molecule has 0 spiro atoms. The molecule has 1 amide bonds. The Morgan fingerprint density at radius 2 is 1.62 bits per heavy atom. The minimum Gasteiger partial charge on any atom is -0.467 e. The van der Waals surface area contributed by atoms with Crippen LogP contribution in [-0.2, 0) is 16.1 Å². The Bertz CT molecular complexity index is 767. The van der Waals surface area contributed by atoms with E-state index in [0.717, 1.165) is 16.7 Å². The van der Waals surface area contributed by atoms with E-state index in [9.17, 15) is 9.59 Å². The first-order valence-electron chi connectivity index (χ1n) is 8.14. The van der Waals surface area contributed by atoms with Gasteiger partial charge in [-0.05, 0) is 28.8 Å². The highest BCUT2D eigenvalue weighted by molar-refractivity contribution is 5.97. The van der Waals surface area contributed by atoms with Gasteiger partial charge in [-0.3, -0.25) is 4.79 Å². The predicted octanol–water partition coefficient (Wildman–Crippen LogP) is 1.58. The molecule has 0 aliphatic heterocycles. The van der Waals surface area contributed by atoms with E-state index in [-0.39, 0.29) is 19.1 Å². The molecule has 0 aromatic heterocycles. The maximum Gasteiger partial charge on any atom is 0.329 e. The van der Waals surface area contributed by atoms with Crippen molar-refractivity contribution in [2.45, 2.75) is 12.6 Å². The van der Waals surface area contributed by atoms with Crippen molar-refractivity contribution < 1.29 is 19.4 Å². The Morgan fingerprint density at radius 3 is 2.08 bits per heavy atom. The van der Waals surface area contributed by atoms with Crippen LogP contribution in [0.4, 0.5) is 0 Å². The molecule has 0 bridgehead atoms. The van der Waals surface area contributed by atoms with Crippen molar-refractivity contribution in [3.8, 4) is 0 Å². The molecule has 4 N–H and O–H groups in total. The third-order valence-corrected chi connectivity index (χ3v) is 3.83. The molecule has 0 unspecified atom stereocenters. The van der Waals surface area contributed by atoms with E-state index < -0.39 is 12.0 Å². The summed E-state index contributed by atoms with van der Waals surface area (Å²) in [5.74, 6) is -0.964. The highest BCUT2D eigenvalue weighted by Gasteiger charge is 2.20. The third-order valence-electron chi connectivity index (χ3n) is 3.83. The average Bonchev–Trinajstić information content (AvgIpc) is 2.70. The molecule has 0 saturated carbocycles. The number of carbonyl (C=O) groups is 2. The summed E-state index contributed by atoms with van der Waals surface area (Å²) < 4.78 is 4.59. The number of hydrogen-bond donors (Lipinski definition) is 3. The molecule has 0 aliphatic rings. The van der Waals surface area contributed by atoms with Gasteiger partial charge in [0.1, 0.15) is 6.04 Å². The maximum absolute atomic E-state index is 12.2. The second-order valence-electron chi connectivity index (χ2n) is 5.64. The smallest absolute Gasteiger partial charge is 0.329 e. The molecular formula is C20H22N2O4. The minimum absolute atomic E-state index is 0.0223. The van der Waals surface area contributed by atoms with E-state index in [4.69, 9.17) is 10.8 Å². The molecular weight excluding hydrogens is 332 g/mol. The molecule has 136 valence electrons. The lowest BCUT2D eigenvalue weighted by Crippen LogP contribution is -2.46. The van der Waals surface area contributed by atoms with Gasteiger partial charge in [0.15, 0.2) is 0 Å². The van der Waals surface area contributed by atoms with Crippen molar-refractivity contribution in [3.63, 3.8) is 0 Å². The number of rotatable bonds is 7. The standard InChI is InChI=1S/C20H22N2O4/c1-26-20(25)18(12-21)22-19(24)17-10-8-15(9-11-17)3-2-14-4-6-16(13-23)7-5-14/h2-11,18,23H,12-13,21H2,1H3,(H,22,24)/b3-2+/t18-/m0/s1. The Morgan fingerprint density at radius 1 is 1.08 bits per heavy atom. The van der Waals surface area contributed by atoms with Crippen molar-refractivity contribution in [2.75, 3.05) is 13.7 Å². The van der Waals surface area contributed by atoms with E-state index in [1.807, 2.05) is 48.6 Å². The van der Waals surface area contributed by atoms with Gasteiger partial charge in [0.25, 0.3) is 5.91 Å². The zero-order valence-corrected chi connectivity index (χ0v) is 14.5. The Labute approximate surface area is 152 Å². The van der Waals surface area contributed by atoms with E-state index in [1.165, 1.54) is 7.11 Å². The zero-order chi connectivity index (χ0) is 18.9. The number of esters is 1. The molecule has 6 heteroatoms. The highest BCUT2D eigenvalue weighted by atomic mass is 16.5. The number of amides is 1. The van der Waals surface area contributed by atoms with E-state index in [0.29, 0.717) is 5.56 Å². The molecule has 2 aromatic rings. The van der Waals surface area contributed by atoms with E-state index >= 15 is 0 Å². The summed E-state index contributed by atoms with van der Waals surface area (Å²) in [6.07, 6.45) is 3.87. The van der Waals surface area contributed by atoms with Crippen LogP contribution in [0, 0.1) is 0 Å². The monoisotopic (exact) mass is 354 g/mol. The largest absolute Gasteiger partial charge is 0.467 e. The van der Waals surface area contributed by atoms with Crippen LogP contribution in [0.5, 0.6) is 0 Å². The van der Waals surface area contributed by atoms with Gasteiger partial charge >= 0.3 is 5.97 Å². The molecule has 0 fully saturated rings. The lowest BCUT2D eigenvalue weighted by atomic mass is 10.1. The van der Waals surface area contributed by atoms with Gasteiger partial charge in [-0.1, -0.05) is 48.6 Å². The summed E-state index contributed by atoms with van der Waals surface area (Å²) >= 11 is 0. The fourth-order valence-electron chi connectivity index (χ4n) is 2.27. The van der Waals surface area contributed by atoms with Gasteiger partial charge in [-0.15, -0.1) is 0 Å². The van der Waals surface area contributed by atoms with Crippen LogP contribution in [0.3, 0.4) is 0 Å². The molecule has 6 nitrogen and oxygen atoms in total. The number of nitrogens with one attached hydrogen (secondary N) is 1. The molecule has 1 atom stereocenters. The average molecular weight is 354 g/mol. The van der Waals surface area contributed by atoms with Gasteiger partial charge in [0.05, 0.1) is 13.7 Å². The van der Waals surface area contributed by atoms with Crippen LogP contribution in [0.2, 0.25) is 0 Å². The summed E-state index contributed by atoms with van der Waals surface area (Å²) in [6, 6.07) is 13.7. The van der Waals surface area contributed by atoms with Crippen LogP contribution < -0.4 is 11.1 Å². The first-order valence-corrected chi connectivity index (χ1v) is 8.14. The fraction of sp³-hybridized carbons (Fsp3) is 0.200. The van der Waals surface area contributed by atoms with Gasteiger partial charge in [0.2, 0.25) is 0 Å². The Hall–Kier alpha value is -2.96. The molecule has 0 saturated heterocycles. The zero-order valence-electron chi connectivity index (χ0n) is 14.5. The summed E-state index contributed by atoms with van der Waals surface area (Å²) in [4.78, 5) is 23.7. The summed E-state index contributed by atoms with van der Waals surface area (Å²) in [5, 5.41) is 11.6. The number of hydrogen-bond acceptors (Lipinski definition) is 5. The van der Waals surface area contributed by atoms with Crippen LogP contribution >= 0.6 is 0 Å². The summed E-state index contributed by atoms with van der Waals surface area (Å²) in [6.45, 7) is -0.0111. The van der Waals surface area contributed by atoms with Crippen LogP contribution in [0.15, 0.2) is 48.5 Å². The van der Waals surface area contributed by atoms with Crippen molar-refractivity contribution in [3.05, 3.63) is 70.8 Å². The number of benzene rings is 2. The van der Waals surface area contributed by atoms with Crippen molar-refractivity contribution >= 4 is 24.0 Å². The number of methoxy groups -OCH3 is 1. The maximum atomic E-state index is 12.2. The Balaban J connectivity index is 2.01. The lowest BCUT2D eigenvalue weighted by molar-refractivity contribution is -0.142. The molecule has 0 radical (unpaired) electrons. The van der Waals surface area contributed by atoms with E-state index in [2.05, 4.69) is 10.1 Å². The molecule has 0 aliphatic carbocycles. The topological polar surface area (TPSA) is 102 Å². The molecule has 2 rings (SSSR count). The number of nitrogens with two attached hydrogens (primary N) is 1. The summed E-state index contributed by atoms with van der Waals surface area (Å²) in [7, 11) is 1.25. The second-order valence-corrected chi connectivity index (χ2v) is 5.64. The quantitative estimate of drug-likeness (QED) is 0.518. The molecule has 26 heavy (non-hydrogen) atoms. The normalized spacial score (nSPS) is 12.0. The minimum atomic E-state index is -0.867. The number of aliphatic hydroxyl groups excluding tert-OH is 1. The van der Waals surface area contributed by atoms with Crippen molar-refractivity contribution in [2.24, 2.45) is 5.73 Å². The lowest BCUT2D eigenvalue weighted by Gasteiger charge is -2.14. The van der Waals surface area contributed by atoms with Gasteiger partial charge in [0, 0.05) is 12.1 Å². The predicted molar refractivity (Wildman–Crippen MR) is 100 cm³/mol. The first kappa shape index (κ1) is 19.4. The van der Waals surface area contributed by atoms with Crippen molar-refractivity contribution in [1.82, 2.24) is 5.32 Å². The van der Waals surface area contributed by atoms with Crippen LogP contribution in [0.1, 0.15) is 27.0 Å². The number of carbonyl (C=O) groups excluding carboxylic acids is 2. The molecule has 2 aromatic carbocycles. The van der Waals surface area contributed by atoms with Gasteiger partial charge in [-0.25, -0.2) is 4.79 Å². The van der Waals surface area contributed by atoms with Crippen LogP contribution in [0.25, 0.3) is 12.2 Å². The molecule has 0 heterocycles. The van der Waals surface area contributed by atoms with E-state index in [1.54, 1.807) is 12.1 Å². The SMILES string of the molecule is COC(=O)[C@H](CN)NC(=O)c1ccc(/C=C/c2ccc(CO)cc2)cc1. The second kappa shape index (κ2) is 9.50. The Kier molecular flexibility index (Phi) is 7.08. The first-order chi connectivity index (χ1) is 12.6. The third kappa shape index (κ3) is 5.27. The highest BCUT2D eigenvalue weighted by Crippen LogP contribution is 2.11. The fourth-order valence-corrected chi connectivity index (χ4v) is 2.27. The number of ether oxygens (including phenoxy) is 1. The summed E-state index contributed by atoms with van der Waals surface area (Å²) in [5.41, 5.74) is 8.70. The van der Waals surface area contributed by atoms with Gasteiger partial charge in [-0.2, -0.15) is 0 Å². The van der Waals surface area contributed by atoms with Crippen LogP contribution in [-0.4, -0.2) is 36.7 Å². The van der Waals surface area contributed by atoms with Gasteiger partial charge < -0.3 is 20.9 Å². The van der Waals surface area contributed by atoms with Crippen molar-refractivity contribution in [1.29, 1.82) is 0 Å².